The zero-order valence-corrected chi connectivity index (χ0v) is 10.3. The van der Waals surface area contributed by atoms with Gasteiger partial charge in [-0.3, -0.25) is 0 Å². The summed E-state index contributed by atoms with van der Waals surface area (Å²) in [5.41, 5.74) is 0.698. The average Bonchev–Trinajstić information content (AvgIpc) is 2.46. The number of aromatic carboxylic acids is 1. The summed E-state index contributed by atoms with van der Waals surface area (Å²) in [4.78, 5) is 17.7. The molecule has 0 saturated heterocycles. The van der Waals surface area contributed by atoms with Crippen molar-refractivity contribution in [2.24, 2.45) is 0 Å². The molecule has 0 aliphatic rings. The number of hydrogen-bond acceptors (Lipinski definition) is 4. The van der Waals surface area contributed by atoms with Gasteiger partial charge in [0.05, 0.1) is 5.69 Å². The Morgan fingerprint density at radius 2 is 2.13 bits per heavy atom. The van der Waals surface area contributed by atoms with Crippen LogP contribution in [0.2, 0.25) is 0 Å². The minimum atomic E-state index is -0.874. The first kappa shape index (κ1) is 12.1. The molecule has 1 rings (SSSR count). The molecule has 0 radical (unpaired) electrons. The second-order valence-corrected chi connectivity index (χ2v) is 5.10. The van der Waals surface area contributed by atoms with Gasteiger partial charge in [-0.15, -0.1) is 11.3 Å². The molecule has 1 heterocycles. The van der Waals surface area contributed by atoms with Crippen LogP contribution < -0.4 is 0 Å². The predicted octanol–water partition coefficient (Wildman–Crippen LogP) is 2.03. The van der Waals surface area contributed by atoms with Crippen LogP contribution in [0, 0.1) is 0 Å². The fourth-order valence-electron chi connectivity index (χ4n) is 1.26. The van der Waals surface area contributed by atoms with Crippen LogP contribution in [0.1, 0.15) is 40.1 Å². The first-order valence-electron chi connectivity index (χ1n) is 4.79. The maximum atomic E-state index is 11.0. The SMILES string of the molecule is CC(C)c1nc(CN(C)C)sc1C(=O)O. The molecule has 0 unspecified atom stereocenters. The normalized spacial score (nSPS) is 11.3. The van der Waals surface area contributed by atoms with Crippen LogP contribution in [-0.2, 0) is 6.54 Å². The van der Waals surface area contributed by atoms with E-state index in [9.17, 15) is 4.79 Å². The van der Waals surface area contributed by atoms with Gasteiger partial charge in [-0.2, -0.15) is 0 Å². The number of aromatic nitrogens is 1. The quantitative estimate of drug-likeness (QED) is 0.856. The summed E-state index contributed by atoms with van der Waals surface area (Å²) in [5, 5.41) is 9.88. The fourth-order valence-corrected chi connectivity index (χ4v) is 2.44. The maximum absolute atomic E-state index is 11.0. The monoisotopic (exact) mass is 228 g/mol. The van der Waals surface area contributed by atoms with E-state index in [0.29, 0.717) is 17.1 Å². The fraction of sp³-hybridized carbons (Fsp3) is 0.600. The summed E-state index contributed by atoms with van der Waals surface area (Å²) in [6.45, 7) is 4.61. The average molecular weight is 228 g/mol. The molecule has 4 nitrogen and oxygen atoms in total. The first-order chi connectivity index (χ1) is 6.91. The van der Waals surface area contributed by atoms with E-state index in [1.807, 2.05) is 32.8 Å². The van der Waals surface area contributed by atoms with E-state index < -0.39 is 5.97 Å². The third kappa shape index (κ3) is 3.00. The summed E-state index contributed by atoms with van der Waals surface area (Å²) in [5.74, 6) is -0.718. The van der Waals surface area contributed by atoms with Crippen LogP contribution >= 0.6 is 11.3 Å². The molecule has 84 valence electrons. The smallest absolute Gasteiger partial charge is 0.347 e. The van der Waals surface area contributed by atoms with Crippen LogP contribution in [0.25, 0.3) is 0 Å². The van der Waals surface area contributed by atoms with E-state index in [2.05, 4.69) is 4.98 Å². The topological polar surface area (TPSA) is 53.4 Å². The van der Waals surface area contributed by atoms with Crippen LogP contribution in [0.5, 0.6) is 0 Å². The number of nitrogens with zero attached hydrogens (tertiary/aromatic N) is 2. The van der Waals surface area contributed by atoms with E-state index in [1.165, 1.54) is 11.3 Å². The third-order valence-corrected chi connectivity index (χ3v) is 2.93. The lowest BCUT2D eigenvalue weighted by Gasteiger charge is -2.05. The van der Waals surface area contributed by atoms with Crippen LogP contribution in [0.3, 0.4) is 0 Å². The highest BCUT2D eigenvalue weighted by Gasteiger charge is 2.19. The van der Waals surface area contributed by atoms with Crippen molar-refractivity contribution in [3.8, 4) is 0 Å². The number of carboxylic acids is 1. The predicted molar refractivity (Wildman–Crippen MR) is 60.6 cm³/mol. The summed E-state index contributed by atoms with van der Waals surface area (Å²) >= 11 is 1.27. The van der Waals surface area contributed by atoms with Gasteiger partial charge in [0.25, 0.3) is 0 Å². The lowest BCUT2D eigenvalue weighted by Crippen LogP contribution is -2.10. The minimum absolute atomic E-state index is 0.156. The Labute approximate surface area is 93.6 Å². The number of carbonyl (C=O) groups is 1. The second kappa shape index (κ2) is 4.72. The van der Waals surface area contributed by atoms with E-state index >= 15 is 0 Å². The van der Waals surface area contributed by atoms with Gasteiger partial charge in [0.1, 0.15) is 9.88 Å². The molecule has 0 bridgehead atoms. The molecule has 0 aliphatic heterocycles. The van der Waals surface area contributed by atoms with Crippen molar-refractivity contribution in [2.75, 3.05) is 14.1 Å². The lowest BCUT2D eigenvalue weighted by molar-refractivity contribution is 0.0700. The van der Waals surface area contributed by atoms with Crippen molar-refractivity contribution >= 4 is 17.3 Å². The molecule has 1 N–H and O–H groups in total. The van der Waals surface area contributed by atoms with Gasteiger partial charge in [0.2, 0.25) is 0 Å². The molecule has 0 aromatic carbocycles. The Morgan fingerprint density at radius 1 is 1.53 bits per heavy atom. The Kier molecular flexibility index (Phi) is 3.82. The molecule has 1 aromatic heterocycles. The highest BCUT2D eigenvalue weighted by atomic mass is 32.1. The van der Waals surface area contributed by atoms with Crippen molar-refractivity contribution in [1.82, 2.24) is 9.88 Å². The summed E-state index contributed by atoms with van der Waals surface area (Å²) < 4.78 is 0. The minimum Gasteiger partial charge on any atom is -0.477 e. The Morgan fingerprint density at radius 3 is 2.47 bits per heavy atom. The number of hydrogen-bond donors (Lipinski definition) is 1. The molecule has 5 heteroatoms. The molecule has 0 saturated carbocycles. The maximum Gasteiger partial charge on any atom is 0.347 e. The molecule has 15 heavy (non-hydrogen) atoms. The number of thiazole rings is 1. The molecule has 1 aromatic rings. The van der Waals surface area contributed by atoms with E-state index in [0.717, 1.165) is 5.01 Å². The van der Waals surface area contributed by atoms with Gasteiger partial charge >= 0.3 is 5.97 Å². The van der Waals surface area contributed by atoms with Gasteiger partial charge in [-0.05, 0) is 20.0 Å². The highest BCUT2D eigenvalue weighted by Crippen LogP contribution is 2.25. The van der Waals surface area contributed by atoms with Gasteiger partial charge in [0.15, 0.2) is 0 Å². The molecule has 0 fully saturated rings. The molecule has 0 spiro atoms. The van der Waals surface area contributed by atoms with E-state index in [4.69, 9.17) is 5.11 Å². The van der Waals surface area contributed by atoms with E-state index in [1.54, 1.807) is 0 Å². The Hall–Kier alpha value is -0.940. The van der Waals surface area contributed by atoms with Crippen LogP contribution in [0.4, 0.5) is 0 Å². The third-order valence-electron chi connectivity index (χ3n) is 1.89. The standard InChI is InChI=1S/C10H16N2O2S/c1-6(2)8-9(10(13)14)15-7(11-8)5-12(3)4/h6H,5H2,1-4H3,(H,13,14). The summed E-state index contributed by atoms with van der Waals surface area (Å²) in [7, 11) is 3.88. The van der Waals surface area contributed by atoms with Gasteiger partial charge in [0, 0.05) is 6.54 Å². The highest BCUT2D eigenvalue weighted by molar-refractivity contribution is 7.13. The van der Waals surface area contributed by atoms with Crippen molar-refractivity contribution < 1.29 is 9.90 Å². The summed E-state index contributed by atoms with van der Waals surface area (Å²) in [6.07, 6.45) is 0. The lowest BCUT2D eigenvalue weighted by atomic mass is 10.1. The largest absolute Gasteiger partial charge is 0.477 e. The van der Waals surface area contributed by atoms with Crippen molar-refractivity contribution in [3.05, 3.63) is 15.6 Å². The molecule has 0 atom stereocenters. The Bertz CT molecular complexity index is 358. The zero-order valence-electron chi connectivity index (χ0n) is 9.44. The second-order valence-electron chi connectivity index (χ2n) is 4.02. The molecule has 0 aliphatic carbocycles. The van der Waals surface area contributed by atoms with Crippen LogP contribution in [0.15, 0.2) is 0 Å². The van der Waals surface area contributed by atoms with Crippen LogP contribution in [-0.4, -0.2) is 35.1 Å². The van der Waals surface area contributed by atoms with Crippen molar-refractivity contribution in [2.45, 2.75) is 26.3 Å². The molecular formula is C10H16N2O2S. The van der Waals surface area contributed by atoms with Gasteiger partial charge in [-0.1, -0.05) is 13.8 Å². The van der Waals surface area contributed by atoms with Gasteiger partial charge < -0.3 is 10.0 Å². The zero-order chi connectivity index (χ0) is 11.6. The van der Waals surface area contributed by atoms with Crippen molar-refractivity contribution in [3.63, 3.8) is 0 Å². The molecular weight excluding hydrogens is 212 g/mol. The van der Waals surface area contributed by atoms with Gasteiger partial charge in [-0.25, -0.2) is 9.78 Å². The Balaban J connectivity index is 3.04. The van der Waals surface area contributed by atoms with E-state index in [-0.39, 0.29) is 5.92 Å². The number of rotatable bonds is 4. The molecule has 0 amide bonds. The number of carboxylic acid groups (broad SMARTS) is 1. The summed E-state index contributed by atoms with van der Waals surface area (Å²) in [6, 6.07) is 0. The first-order valence-corrected chi connectivity index (χ1v) is 5.61. The van der Waals surface area contributed by atoms with Crippen molar-refractivity contribution in [1.29, 1.82) is 0 Å².